The molecule has 2 amide bonds. The second-order valence-corrected chi connectivity index (χ2v) is 9.24. The topological polar surface area (TPSA) is 86.8 Å². The summed E-state index contributed by atoms with van der Waals surface area (Å²) in [6.07, 6.45) is 1.01. The van der Waals surface area contributed by atoms with Gasteiger partial charge in [0.2, 0.25) is 21.8 Å². The summed E-state index contributed by atoms with van der Waals surface area (Å²) >= 11 is 0. The van der Waals surface area contributed by atoms with Gasteiger partial charge in [0.25, 0.3) is 0 Å². The van der Waals surface area contributed by atoms with Crippen molar-refractivity contribution in [3.63, 3.8) is 0 Å². The van der Waals surface area contributed by atoms with E-state index in [1.54, 1.807) is 6.92 Å². The molecular weight excluding hydrogens is 440 g/mol. The van der Waals surface area contributed by atoms with Crippen LogP contribution in [0.5, 0.6) is 0 Å². The van der Waals surface area contributed by atoms with Crippen LogP contribution >= 0.6 is 0 Å². The molecule has 2 aromatic rings. The van der Waals surface area contributed by atoms with Crippen LogP contribution in [0.3, 0.4) is 0 Å². The second-order valence-electron chi connectivity index (χ2n) is 7.33. The van der Waals surface area contributed by atoms with Crippen LogP contribution in [0.1, 0.15) is 25.3 Å². The van der Waals surface area contributed by atoms with Crippen LogP contribution in [0, 0.1) is 11.6 Å². The molecule has 0 heterocycles. The highest BCUT2D eigenvalue weighted by Crippen LogP contribution is 2.22. The quantitative estimate of drug-likeness (QED) is 0.582. The monoisotopic (exact) mass is 467 g/mol. The maximum atomic E-state index is 14.1. The van der Waals surface area contributed by atoms with Crippen LogP contribution in [0.2, 0.25) is 0 Å². The number of rotatable bonds is 10. The molecule has 1 atom stereocenters. The van der Waals surface area contributed by atoms with E-state index in [9.17, 15) is 26.8 Å². The van der Waals surface area contributed by atoms with Gasteiger partial charge in [-0.1, -0.05) is 24.3 Å². The van der Waals surface area contributed by atoms with Gasteiger partial charge >= 0.3 is 0 Å². The number of amides is 2. The van der Waals surface area contributed by atoms with Crippen molar-refractivity contribution in [1.82, 2.24) is 10.2 Å². The predicted molar refractivity (Wildman–Crippen MR) is 118 cm³/mol. The molecule has 2 rings (SSSR count). The molecule has 0 saturated carbocycles. The Bertz CT molecular complexity index is 1050. The van der Waals surface area contributed by atoms with E-state index in [0.29, 0.717) is 5.56 Å². The molecule has 0 aromatic heterocycles. The van der Waals surface area contributed by atoms with Crippen molar-refractivity contribution in [3.8, 4) is 0 Å². The minimum absolute atomic E-state index is 0.0665. The molecule has 0 radical (unpaired) electrons. The largest absolute Gasteiger partial charge is 0.357 e. The number of sulfonamides is 1. The van der Waals surface area contributed by atoms with Gasteiger partial charge in [-0.3, -0.25) is 13.9 Å². The number of hydrogen-bond acceptors (Lipinski definition) is 4. The third kappa shape index (κ3) is 6.74. The highest BCUT2D eigenvalue weighted by atomic mass is 32.2. The number of likely N-dealkylation sites (N-methyl/N-ethyl adjacent to an activating group) is 1. The molecule has 0 fully saturated rings. The van der Waals surface area contributed by atoms with Gasteiger partial charge in [0.05, 0.1) is 11.9 Å². The highest BCUT2D eigenvalue weighted by molar-refractivity contribution is 7.92. The molecule has 0 spiro atoms. The lowest BCUT2D eigenvalue weighted by atomic mass is 10.1. The normalized spacial score (nSPS) is 12.2. The molecule has 174 valence electrons. The lowest BCUT2D eigenvalue weighted by Gasteiger charge is -2.29. The van der Waals surface area contributed by atoms with Gasteiger partial charge in [0.1, 0.15) is 17.7 Å². The number of hydrogen-bond donors (Lipinski definition) is 1. The van der Waals surface area contributed by atoms with Crippen molar-refractivity contribution in [2.75, 3.05) is 24.2 Å². The van der Waals surface area contributed by atoms with Gasteiger partial charge in [-0.25, -0.2) is 17.2 Å². The fourth-order valence-electron chi connectivity index (χ4n) is 3.21. The lowest BCUT2D eigenvalue weighted by Crippen LogP contribution is -2.46. The van der Waals surface area contributed by atoms with Gasteiger partial charge in [-0.15, -0.1) is 0 Å². The number of nitrogens with one attached hydrogen (secondary N) is 1. The predicted octanol–water partition coefficient (Wildman–Crippen LogP) is 2.67. The number of benzene rings is 2. The van der Waals surface area contributed by atoms with E-state index in [4.69, 9.17) is 0 Å². The number of halogens is 2. The number of carbonyl (C=O) groups excluding carboxylic acids is 2. The van der Waals surface area contributed by atoms with E-state index < -0.39 is 27.7 Å². The van der Waals surface area contributed by atoms with Crippen LogP contribution in [0.4, 0.5) is 14.5 Å². The van der Waals surface area contributed by atoms with E-state index in [2.05, 4.69) is 5.32 Å². The fourth-order valence-corrected chi connectivity index (χ4v) is 4.18. The Labute approximate surface area is 187 Å². The summed E-state index contributed by atoms with van der Waals surface area (Å²) in [5, 5.41) is 2.49. The number of anilines is 1. The second kappa shape index (κ2) is 11.0. The van der Waals surface area contributed by atoms with Crippen molar-refractivity contribution in [1.29, 1.82) is 0 Å². The van der Waals surface area contributed by atoms with Crippen molar-refractivity contribution in [2.45, 2.75) is 32.4 Å². The van der Waals surface area contributed by atoms with Crippen LogP contribution in [-0.4, -0.2) is 51.0 Å². The van der Waals surface area contributed by atoms with Crippen molar-refractivity contribution < 1.29 is 26.8 Å². The SMILES string of the molecule is CNC(=O)[C@H](C)N(Cc1ccc(F)cc1)C(=O)CCCN(c1ccccc1F)S(C)(=O)=O. The zero-order valence-corrected chi connectivity index (χ0v) is 19.0. The van der Waals surface area contributed by atoms with Crippen LogP contribution in [0.25, 0.3) is 0 Å². The average molecular weight is 468 g/mol. The Morgan fingerprint density at radius 2 is 1.69 bits per heavy atom. The zero-order valence-electron chi connectivity index (χ0n) is 18.2. The minimum atomic E-state index is -3.78. The summed E-state index contributed by atoms with van der Waals surface area (Å²) in [5.74, 6) is -1.85. The van der Waals surface area contributed by atoms with Crippen molar-refractivity contribution in [3.05, 3.63) is 65.7 Å². The number of para-hydroxylation sites is 1. The molecule has 7 nitrogen and oxygen atoms in total. The van der Waals surface area contributed by atoms with Gasteiger partial charge in [0, 0.05) is 26.6 Å². The fraction of sp³-hybridized carbons (Fsp3) is 0.364. The number of carbonyl (C=O) groups is 2. The van der Waals surface area contributed by atoms with E-state index in [-0.39, 0.29) is 43.4 Å². The standard InChI is InChI=1S/C22H27F2N3O4S/c1-16(22(29)25-2)26(15-17-10-12-18(23)13-11-17)21(28)9-6-14-27(32(3,30)31)20-8-5-4-7-19(20)24/h4-5,7-8,10-13,16H,6,9,14-15H2,1-3H3,(H,25,29)/t16-/m0/s1. The molecule has 32 heavy (non-hydrogen) atoms. The summed E-state index contributed by atoms with van der Waals surface area (Å²) in [5.41, 5.74) is 0.545. The van der Waals surface area contributed by atoms with Crippen LogP contribution < -0.4 is 9.62 Å². The Morgan fingerprint density at radius 1 is 1.06 bits per heavy atom. The highest BCUT2D eigenvalue weighted by Gasteiger charge is 2.26. The van der Waals surface area contributed by atoms with E-state index >= 15 is 0 Å². The molecule has 10 heteroatoms. The molecule has 0 bridgehead atoms. The van der Waals surface area contributed by atoms with E-state index in [1.807, 2.05) is 0 Å². The minimum Gasteiger partial charge on any atom is -0.357 e. The Hall–Kier alpha value is -3.01. The average Bonchev–Trinajstić information content (AvgIpc) is 2.75. The molecule has 0 saturated heterocycles. The first-order chi connectivity index (χ1) is 15.0. The van der Waals surface area contributed by atoms with E-state index in [0.717, 1.165) is 16.6 Å². The first-order valence-electron chi connectivity index (χ1n) is 10.0. The Balaban J connectivity index is 2.14. The Kier molecular flexibility index (Phi) is 8.71. The molecular formula is C22H27F2N3O4S. The lowest BCUT2D eigenvalue weighted by molar-refractivity contribution is -0.140. The number of nitrogens with zero attached hydrogens (tertiary/aromatic N) is 2. The van der Waals surface area contributed by atoms with Crippen LogP contribution in [-0.2, 0) is 26.2 Å². The zero-order chi connectivity index (χ0) is 23.9. The third-order valence-corrected chi connectivity index (χ3v) is 6.13. The first kappa shape index (κ1) is 25.3. The molecule has 0 aliphatic heterocycles. The van der Waals surface area contributed by atoms with E-state index in [1.165, 1.54) is 54.4 Å². The summed E-state index contributed by atoms with van der Waals surface area (Å²) in [6, 6.07) is 10.3. The van der Waals surface area contributed by atoms with Crippen molar-refractivity contribution >= 4 is 27.5 Å². The van der Waals surface area contributed by atoms with Gasteiger partial charge in [-0.2, -0.15) is 0 Å². The summed E-state index contributed by atoms with van der Waals surface area (Å²) in [6.45, 7) is 1.55. The van der Waals surface area contributed by atoms with Gasteiger partial charge in [-0.05, 0) is 43.2 Å². The summed E-state index contributed by atoms with van der Waals surface area (Å²) in [4.78, 5) is 26.4. The maximum absolute atomic E-state index is 14.1. The van der Waals surface area contributed by atoms with Crippen molar-refractivity contribution in [2.24, 2.45) is 0 Å². The molecule has 0 unspecified atom stereocenters. The smallest absolute Gasteiger partial charge is 0.242 e. The summed E-state index contributed by atoms with van der Waals surface area (Å²) in [7, 11) is -2.32. The molecule has 1 N–H and O–H groups in total. The van der Waals surface area contributed by atoms with Gasteiger partial charge < -0.3 is 10.2 Å². The first-order valence-corrected chi connectivity index (χ1v) is 11.9. The molecule has 2 aromatic carbocycles. The summed E-state index contributed by atoms with van der Waals surface area (Å²) < 4.78 is 52.6. The van der Waals surface area contributed by atoms with Gasteiger partial charge in [0.15, 0.2) is 0 Å². The molecule has 0 aliphatic carbocycles. The van der Waals surface area contributed by atoms with Crippen LogP contribution in [0.15, 0.2) is 48.5 Å². The molecule has 0 aliphatic rings. The third-order valence-electron chi connectivity index (χ3n) is 4.95. The Morgan fingerprint density at radius 3 is 2.25 bits per heavy atom. The maximum Gasteiger partial charge on any atom is 0.242 e.